The van der Waals surface area contributed by atoms with Crippen LogP contribution >= 0.6 is 0 Å². The Morgan fingerprint density at radius 3 is 2.65 bits per heavy atom. The molecule has 0 aromatic heterocycles. The number of likely N-dealkylation sites (tertiary alicyclic amines) is 1. The van der Waals surface area contributed by atoms with Crippen molar-refractivity contribution >= 4 is 11.8 Å². The van der Waals surface area contributed by atoms with Gasteiger partial charge in [0.05, 0.1) is 0 Å². The summed E-state index contributed by atoms with van der Waals surface area (Å²) >= 11 is 0. The smallest absolute Gasteiger partial charge is 0.246 e. The van der Waals surface area contributed by atoms with Crippen molar-refractivity contribution in [2.24, 2.45) is 11.8 Å². The van der Waals surface area contributed by atoms with Crippen molar-refractivity contribution in [1.29, 1.82) is 0 Å². The molecule has 0 saturated carbocycles. The summed E-state index contributed by atoms with van der Waals surface area (Å²) in [4.78, 5) is 28.8. The number of nitrogens with zero attached hydrogens (tertiary/aromatic N) is 2. The summed E-state index contributed by atoms with van der Waals surface area (Å²) in [6.07, 6.45) is 2.01. The lowest BCUT2D eigenvalue weighted by Gasteiger charge is -2.40. The summed E-state index contributed by atoms with van der Waals surface area (Å²) < 4.78 is 0. The van der Waals surface area contributed by atoms with Crippen LogP contribution in [0.2, 0.25) is 0 Å². The van der Waals surface area contributed by atoms with E-state index in [9.17, 15) is 9.59 Å². The Labute approximate surface area is 121 Å². The minimum absolute atomic E-state index is 0.0127. The highest BCUT2D eigenvalue weighted by Crippen LogP contribution is 2.22. The second kappa shape index (κ2) is 6.12. The SMILES string of the molecule is CCC(C)C1NC(=O)C(C)N(CC2CCN(C)C2)C1=O. The molecular formula is C15H27N3O2. The second-order valence-electron chi connectivity index (χ2n) is 6.46. The molecule has 114 valence electrons. The van der Waals surface area contributed by atoms with Crippen LogP contribution in [0.15, 0.2) is 0 Å². The van der Waals surface area contributed by atoms with Gasteiger partial charge in [0.25, 0.3) is 0 Å². The highest BCUT2D eigenvalue weighted by molar-refractivity contribution is 5.96. The van der Waals surface area contributed by atoms with Gasteiger partial charge >= 0.3 is 0 Å². The molecule has 2 amide bonds. The van der Waals surface area contributed by atoms with Crippen LogP contribution in [0.3, 0.4) is 0 Å². The van der Waals surface area contributed by atoms with E-state index in [0.717, 1.165) is 25.9 Å². The van der Waals surface area contributed by atoms with Crippen LogP contribution in [0.1, 0.15) is 33.6 Å². The number of carbonyl (C=O) groups is 2. The van der Waals surface area contributed by atoms with E-state index in [1.807, 2.05) is 13.8 Å². The Kier molecular flexibility index (Phi) is 4.68. The van der Waals surface area contributed by atoms with Crippen LogP contribution in [0, 0.1) is 11.8 Å². The Morgan fingerprint density at radius 1 is 1.40 bits per heavy atom. The fraction of sp³-hybridized carbons (Fsp3) is 0.867. The summed E-state index contributed by atoms with van der Waals surface area (Å²) in [5, 5.41) is 2.89. The molecule has 2 saturated heterocycles. The molecule has 0 aromatic rings. The van der Waals surface area contributed by atoms with Gasteiger partial charge < -0.3 is 15.1 Å². The van der Waals surface area contributed by atoms with E-state index in [0.29, 0.717) is 12.5 Å². The molecule has 4 atom stereocenters. The zero-order valence-electron chi connectivity index (χ0n) is 13.1. The van der Waals surface area contributed by atoms with Crippen LogP contribution in [-0.4, -0.2) is 60.4 Å². The minimum atomic E-state index is -0.345. The van der Waals surface area contributed by atoms with Crippen LogP contribution in [0.25, 0.3) is 0 Å². The van der Waals surface area contributed by atoms with Gasteiger partial charge in [0.2, 0.25) is 11.8 Å². The predicted octanol–water partition coefficient (Wildman–Crippen LogP) is 0.700. The van der Waals surface area contributed by atoms with Gasteiger partial charge in [-0.1, -0.05) is 20.3 Å². The average molecular weight is 281 g/mol. The lowest BCUT2D eigenvalue weighted by atomic mass is 9.93. The summed E-state index contributed by atoms with van der Waals surface area (Å²) in [7, 11) is 2.11. The monoisotopic (exact) mass is 281 g/mol. The summed E-state index contributed by atoms with van der Waals surface area (Å²) in [6.45, 7) is 8.73. The van der Waals surface area contributed by atoms with Gasteiger partial charge in [0, 0.05) is 13.1 Å². The fourth-order valence-electron chi connectivity index (χ4n) is 3.17. The number of hydrogen-bond donors (Lipinski definition) is 1. The van der Waals surface area contributed by atoms with Crippen molar-refractivity contribution in [1.82, 2.24) is 15.1 Å². The molecule has 2 heterocycles. The van der Waals surface area contributed by atoms with E-state index in [2.05, 4.69) is 24.2 Å². The first kappa shape index (κ1) is 15.3. The van der Waals surface area contributed by atoms with Gasteiger partial charge in [-0.05, 0) is 38.8 Å². The third-order valence-electron chi connectivity index (χ3n) is 4.85. The molecule has 0 radical (unpaired) electrons. The summed E-state index contributed by atoms with van der Waals surface area (Å²) in [6, 6.07) is -0.684. The Hall–Kier alpha value is -1.10. The number of rotatable bonds is 4. The molecule has 2 aliphatic heterocycles. The van der Waals surface area contributed by atoms with E-state index >= 15 is 0 Å². The van der Waals surface area contributed by atoms with Crippen LogP contribution < -0.4 is 5.32 Å². The number of carbonyl (C=O) groups excluding carboxylic acids is 2. The van der Waals surface area contributed by atoms with Gasteiger partial charge in [-0.2, -0.15) is 0 Å². The van der Waals surface area contributed by atoms with E-state index < -0.39 is 0 Å². The molecule has 20 heavy (non-hydrogen) atoms. The molecule has 5 heteroatoms. The van der Waals surface area contributed by atoms with Gasteiger partial charge in [-0.25, -0.2) is 0 Å². The lowest BCUT2D eigenvalue weighted by Crippen LogP contribution is -2.64. The molecule has 0 aromatic carbocycles. The molecule has 0 aliphatic carbocycles. The third-order valence-corrected chi connectivity index (χ3v) is 4.85. The van der Waals surface area contributed by atoms with Crippen LogP contribution in [0.4, 0.5) is 0 Å². The van der Waals surface area contributed by atoms with Crippen molar-refractivity contribution in [3.05, 3.63) is 0 Å². The van der Waals surface area contributed by atoms with Crippen molar-refractivity contribution in [3.8, 4) is 0 Å². The topological polar surface area (TPSA) is 52.7 Å². The lowest BCUT2D eigenvalue weighted by molar-refractivity contribution is -0.150. The summed E-state index contributed by atoms with van der Waals surface area (Å²) in [5.74, 6) is 0.768. The standard InChI is InChI=1S/C15H27N3O2/c1-5-10(2)13-15(20)18(11(3)14(19)16-13)9-12-6-7-17(4)8-12/h10-13H,5-9H2,1-4H3,(H,16,19). The van der Waals surface area contributed by atoms with Gasteiger partial charge in [-0.15, -0.1) is 0 Å². The number of hydrogen-bond acceptors (Lipinski definition) is 3. The van der Waals surface area contributed by atoms with E-state index in [-0.39, 0.29) is 29.8 Å². The molecule has 0 bridgehead atoms. The molecular weight excluding hydrogens is 254 g/mol. The maximum atomic E-state index is 12.6. The quantitative estimate of drug-likeness (QED) is 0.825. The fourth-order valence-corrected chi connectivity index (χ4v) is 3.17. The zero-order chi connectivity index (χ0) is 14.9. The number of amides is 2. The van der Waals surface area contributed by atoms with E-state index in [1.165, 1.54) is 0 Å². The molecule has 4 unspecified atom stereocenters. The zero-order valence-corrected chi connectivity index (χ0v) is 13.1. The normalized spacial score (nSPS) is 33.4. The number of piperazine rings is 1. The molecule has 0 spiro atoms. The molecule has 2 fully saturated rings. The predicted molar refractivity (Wildman–Crippen MR) is 78.2 cm³/mol. The molecule has 2 rings (SSSR count). The molecule has 5 nitrogen and oxygen atoms in total. The number of nitrogens with one attached hydrogen (secondary N) is 1. The van der Waals surface area contributed by atoms with E-state index in [4.69, 9.17) is 0 Å². The highest BCUT2D eigenvalue weighted by atomic mass is 16.2. The molecule has 2 aliphatic rings. The van der Waals surface area contributed by atoms with Gasteiger partial charge in [-0.3, -0.25) is 9.59 Å². The second-order valence-corrected chi connectivity index (χ2v) is 6.46. The maximum Gasteiger partial charge on any atom is 0.246 e. The summed E-state index contributed by atoms with van der Waals surface area (Å²) in [5.41, 5.74) is 0. The van der Waals surface area contributed by atoms with Crippen molar-refractivity contribution < 1.29 is 9.59 Å². The van der Waals surface area contributed by atoms with Crippen molar-refractivity contribution in [3.63, 3.8) is 0 Å². The Bertz CT molecular complexity index is 385. The average Bonchev–Trinajstić information content (AvgIpc) is 2.83. The Morgan fingerprint density at radius 2 is 2.10 bits per heavy atom. The minimum Gasteiger partial charge on any atom is -0.342 e. The first-order chi connectivity index (χ1) is 9.43. The first-order valence-electron chi connectivity index (χ1n) is 7.73. The highest BCUT2D eigenvalue weighted by Gasteiger charge is 2.41. The van der Waals surface area contributed by atoms with E-state index in [1.54, 1.807) is 4.90 Å². The largest absolute Gasteiger partial charge is 0.342 e. The maximum absolute atomic E-state index is 12.6. The van der Waals surface area contributed by atoms with Crippen LogP contribution in [-0.2, 0) is 9.59 Å². The van der Waals surface area contributed by atoms with Crippen molar-refractivity contribution in [2.45, 2.75) is 45.7 Å². The third kappa shape index (κ3) is 2.97. The Balaban J connectivity index is 2.07. The van der Waals surface area contributed by atoms with Gasteiger partial charge in [0.1, 0.15) is 12.1 Å². The van der Waals surface area contributed by atoms with Crippen LogP contribution in [0.5, 0.6) is 0 Å². The van der Waals surface area contributed by atoms with Crippen molar-refractivity contribution in [2.75, 3.05) is 26.7 Å². The molecule has 1 N–H and O–H groups in total. The van der Waals surface area contributed by atoms with Gasteiger partial charge in [0.15, 0.2) is 0 Å². The first-order valence-corrected chi connectivity index (χ1v) is 7.73.